The molecule has 0 saturated carbocycles. The summed E-state index contributed by atoms with van der Waals surface area (Å²) in [5.74, 6) is 0.965. The van der Waals surface area contributed by atoms with Crippen molar-refractivity contribution < 1.29 is 19.0 Å². The van der Waals surface area contributed by atoms with Crippen LogP contribution in [0.5, 0.6) is 0 Å². The fourth-order valence-corrected chi connectivity index (χ4v) is 0.682. The Morgan fingerprint density at radius 1 is 1.64 bits per heavy atom. The van der Waals surface area contributed by atoms with Crippen molar-refractivity contribution in [2.45, 2.75) is 13.8 Å². The number of carbonyl (C=O) groups excluding carboxylic acids is 1. The summed E-state index contributed by atoms with van der Waals surface area (Å²) in [6.45, 7) is 3.52. The minimum absolute atomic E-state index is 0.168. The SMILES string of the molecule is CC(=O)OCC1=C(C)OCO1. The molecule has 0 aromatic carbocycles. The maximum Gasteiger partial charge on any atom is 0.303 e. The molecule has 4 nitrogen and oxygen atoms in total. The van der Waals surface area contributed by atoms with Crippen LogP contribution in [0.15, 0.2) is 11.5 Å². The lowest BCUT2D eigenvalue weighted by atomic mass is 10.4. The molecule has 1 aliphatic rings. The van der Waals surface area contributed by atoms with Gasteiger partial charge in [-0.25, -0.2) is 0 Å². The largest absolute Gasteiger partial charge is 0.459 e. The lowest BCUT2D eigenvalue weighted by Gasteiger charge is -2.00. The third-order valence-electron chi connectivity index (χ3n) is 1.31. The van der Waals surface area contributed by atoms with Crippen LogP contribution in [0, 0.1) is 0 Å². The molecular formula is C7H10O4. The number of esters is 1. The van der Waals surface area contributed by atoms with Crippen LogP contribution in [-0.4, -0.2) is 19.4 Å². The van der Waals surface area contributed by atoms with Crippen LogP contribution in [0.3, 0.4) is 0 Å². The van der Waals surface area contributed by atoms with Crippen molar-refractivity contribution in [1.29, 1.82) is 0 Å². The zero-order valence-electron chi connectivity index (χ0n) is 6.55. The topological polar surface area (TPSA) is 44.8 Å². The zero-order chi connectivity index (χ0) is 8.27. The number of hydrogen-bond donors (Lipinski definition) is 0. The molecule has 0 aliphatic carbocycles. The second-order valence-electron chi connectivity index (χ2n) is 2.17. The quantitative estimate of drug-likeness (QED) is 0.557. The van der Waals surface area contributed by atoms with Crippen LogP contribution >= 0.6 is 0 Å². The summed E-state index contributed by atoms with van der Waals surface area (Å²) in [5.41, 5.74) is 0. The molecule has 1 aliphatic heterocycles. The van der Waals surface area contributed by atoms with Gasteiger partial charge in [0.2, 0.25) is 6.79 Å². The predicted molar refractivity (Wildman–Crippen MR) is 36.4 cm³/mol. The van der Waals surface area contributed by atoms with E-state index in [2.05, 4.69) is 0 Å². The Balaban J connectivity index is 2.36. The monoisotopic (exact) mass is 158 g/mol. The van der Waals surface area contributed by atoms with Crippen LogP contribution in [0.1, 0.15) is 13.8 Å². The van der Waals surface area contributed by atoms with Gasteiger partial charge in [0.1, 0.15) is 5.76 Å². The van der Waals surface area contributed by atoms with E-state index < -0.39 is 0 Å². The predicted octanol–water partition coefficient (Wildman–Crippen LogP) is 0.785. The summed E-state index contributed by atoms with van der Waals surface area (Å²) >= 11 is 0. The van der Waals surface area contributed by atoms with Gasteiger partial charge in [0.15, 0.2) is 12.4 Å². The molecule has 1 heterocycles. The lowest BCUT2D eigenvalue weighted by molar-refractivity contribution is -0.140. The molecule has 0 spiro atoms. The fourth-order valence-electron chi connectivity index (χ4n) is 0.682. The Kier molecular flexibility index (Phi) is 2.36. The minimum atomic E-state index is -0.319. The molecule has 0 N–H and O–H groups in total. The second-order valence-corrected chi connectivity index (χ2v) is 2.17. The van der Waals surface area contributed by atoms with Crippen LogP contribution in [-0.2, 0) is 19.0 Å². The van der Waals surface area contributed by atoms with Gasteiger partial charge in [-0.2, -0.15) is 0 Å². The third kappa shape index (κ3) is 2.14. The Morgan fingerprint density at radius 3 is 2.82 bits per heavy atom. The maximum absolute atomic E-state index is 10.4. The van der Waals surface area contributed by atoms with E-state index in [-0.39, 0.29) is 19.4 Å². The van der Waals surface area contributed by atoms with Crippen LogP contribution in [0.25, 0.3) is 0 Å². The second kappa shape index (κ2) is 3.27. The van der Waals surface area contributed by atoms with E-state index in [1.54, 1.807) is 6.92 Å². The fraction of sp³-hybridized carbons (Fsp3) is 0.571. The molecular weight excluding hydrogens is 148 g/mol. The van der Waals surface area contributed by atoms with E-state index in [4.69, 9.17) is 14.2 Å². The van der Waals surface area contributed by atoms with E-state index in [1.807, 2.05) is 0 Å². The first-order chi connectivity index (χ1) is 5.20. The highest BCUT2D eigenvalue weighted by molar-refractivity contribution is 5.66. The lowest BCUT2D eigenvalue weighted by Crippen LogP contribution is -2.04. The van der Waals surface area contributed by atoms with E-state index in [9.17, 15) is 4.79 Å². The zero-order valence-corrected chi connectivity index (χ0v) is 6.55. The van der Waals surface area contributed by atoms with Crippen LogP contribution in [0.2, 0.25) is 0 Å². The van der Waals surface area contributed by atoms with Gasteiger partial charge in [-0.05, 0) is 6.92 Å². The summed E-state index contributed by atoms with van der Waals surface area (Å²) in [4.78, 5) is 10.4. The van der Waals surface area contributed by atoms with Gasteiger partial charge in [0.05, 0.1) is 0 Å². The molecule has 0 bridgehead atoms. The molecule has 0 radical (unpaired) electrons. The van der Waals surface area contributed by atoms with Gasteiger partial charge in [0, 0.05) is 6.92 Å². The first kappa shape index (κ1) is 7.91. The molecule has 0 fully saturated rings. The van der Waals surface area contributed by atoms with E-state index in [1.165, 1.54) is 6.92 Å². The average molecular weight is 158 g/mol. The number of allylic oxidation sites excluding steroid dienone is 1. The Hall–Kier alpha value is -1.19. The van der Waals surface area contributed by atoms with Crippen molar-refractivity contribution in [1.82, 2.24) is 0 Å². The molecule has 0 saturated heterocycles. The number of carbonyl (C=O) groups is 1. The van der Waals surface area contributed by atoms with E-state index >= 15 is 0 Å². The van der Waals surface area contributed by atoms with Gasteiger partial charge in [0.25, 0.3) is 0 Å². The van der Waals surface area contributed by atoms with Gasteiger partial charge in [-0.1, -0.05) is 0 Å². The molecule has 4 heteroatoms. The molecule has 11 heavy (non-hydrogen) atoms. The van der Waals surface area contributed by atoms with Crippen molar-refractivity contribution >= 4 is 5.97 Å². The number of hydrogen-bond acceptors (Lipinski definition) is 4. The van der Waals surface area contributed by atoms with Gasteiger partial charge in [-0.3, -0.25) is 4.79 Å². The number of rotatable bonds is 2. The summed E-state index contributed by atoms with van der Waals surface area (Å²) in [7, 11) is 0. The maximum atomic E-state index is 10.4. The summed E-state index contributed by atoms with van der Waals surface area (Å²) in [6, 6.07) is 0. The highest BCUT2D eigenvalue weighted by Gasteiger charge is 2.13. The summed E-state index contributed by atoms with van der Waals surface area (Å²) in [6.07, 6.45) is 0. The summed E-state index contributed by atoms with van der Waals surface area (Å²) in [5, 5.41) is 0. The number of ether oxygens (including phenoxy) is 3. The normalized spacial score (nSPS) is 15.8. The first-order valence-corrected chi connectivity index (χ1v) is 3.29. The molecule has 0 amide bonds. The van der Waals surface area contributed by atoms with Crippen molar-refractivity contribution in [2.24, 2.45) is 0 Å². The van der Waals surface area contributed by atoms with E-state index in [0.717, 1.165) is 0 Å². The smallest absolute Gasteiger partial charge is 0.303 e. The van der Waals surface area contributed by atoms with Crippen molar-refractivity contribution in [3.63, 3.8) is 0 Å². The van der Waals surface area contributed by atoms with Crippen LogP contribution in [0.4, 0.5) is 0 Å². The molecule has 0 aromatic heterocycles. The highest BCUT2D eigenvalue weighted by atomic mass is 16.7. The van der Waals surface area contributed by atoms with Crippen molar-refractivity contribution in [3.05, 3.63) is 11.5 Å². The molecule has 0 unspecified atom stereocenters. The molecule has 0 atom stereocenters. The van der Waals surface area contributed by atoms with Gasteiger partial charge in [-0.15, -0.1) is 0 Å². The molecule has 0 aromatic rings. The van der Waals surface area contributed by atoms with Crippen molar-refractivity contribution in [3.8, 4) is 0 Å². The van der Waals surface area contributed by atoms with Gasteiger partial charge < -0.3 is 14.2 Å². The highest BCUT2D eigenvalue weighted by Crippen LogP contribution is 2.15. The van der Waals surface area contributed by atoms with Crippen molar-refractivity contribution in [2.75, 3.05) is 13.4 Å². The molecule has 1 rings (SSSR count). The average Bonchev–Trinajstić information content (AvgIpc) is 2.31. The molecule has 62 valence electrons. The summed E-state index contributed by atoms with van der Waals surface area (Å²) < 4.78 is 14.7. The first-order valence-electron chi connectivity index (χ1n) is 3.29. The Bertz CT molecular complexity index is 195. The van der Waals surface area contributed by atoms with Gasteiger partial charge >= 0.3 is 5.97 Å². The minimum Gasteiger partial charge on any atom is -0.459 e. The Labute approximate surface area is 64.7 Å². The Morgan fingerprint density at radius 2 is 2.36 bits per heavy atom. The van der Waals surface area contributed by atoms with E-state index in [0.29, 0.717) is 11.5 Å². The van der Waals surface area contributed by atoms with Crippen LogP contribution < -0.4 is 0 Å². The third-order valence-corrected chi connectivity index (χ3v) is 1.31. The standard InChI is InChI=1S/C7H10O4/c1-5-7(11-4-10-5)3-9-6(2)8/h3-4H2,1-2H3.